The van der Waals surface area contributed by atoms with Crippen LogP contribution in [0.15, 0.2) is 15.3 Å². The number of carboxylic acids is 1. The Bertz CT molecular complexity index is 1130. The number of ether oxygens (including phenoxy) is 2. The first-order valence-electron chi connectivity index (χ1n) is 11.2. The van der Waals surface area contributed by atoms with E-state index in [9.17, 15) is 19.5 Å². The molecule has 2 aliphatic rings. The second-order valence-electron chi connectivity index (χ2n) is 9.13. The lowest BCUT2D eigenvalue weighted by molar-refractivity contribution is -0.142. The summed E-state index contributed by atoms with van der Waals surface area (Å²) in [5.41, 5.74) is 2.21. The van der Waals surface area contributed by atoms with Crippen LogP contribution >= 0.6 is 0 Å². The fraction of sp³-hybridized carbons (Fsp3) is 0.542. The molecule has 0 spiro atoms. The summed E-state index contributed by atoms with van der Waals surface area (Å²) in [6.07, 6.45) is 5.04. The second-order valence-corrected chi connectivity index (χ2v) is 9.13. The molecule has 1 aliphatic heterocycles. The van der Waals surface area contributed by atoms with Crippen molar-refractivity contribution < 1.29 is 28.6 Å². The molecular formula is C24H29NO7. The molecule has 8 nitrogen and oxygen atoms in total. The summed E-state index contributed by atoms with van der Waals surface area (Å²) in [4.78, 5) is 36.3. The average Bonchev–Trinajstić information content (AvgIpc) is 2.74. The van der Waals surface area contributed by atoms with Gasteiger partial charge in [-0.3, -0.25) is 4.79 Å². The largest absolute Gasteiger partial charge is 0.487 e. The Balaban J connectivity index is 1.76. The lowest BCUT2D eigenvalue weighted by Crippen LogP contribution is -2.42. The Kier molecular flexibility index (Phi) is 5.88. The number of aliphatic carboxylic acids is 1. The van der Waals surface area contributed by atoms with Crippen LogP contribution in [0, 0.1) is 0 Å². The van der Waals surface area contributed by atoms with Crippen LogP contribution in [0.2, 0.25) is 0 Å². The minimum Gasteiger partial charge on any atom is -0.487 e. The van der Waals surface area contributed by atoms with Crippen LogP contribution in [0.1, 0.15) is 63.1 Å². The standard InChI is InChI=1S/C24H29NO7/c1-4-16(22(27)28)25-19(26)12-30-18-11-17-15(9-10-24(2,3)32-17)21-20(18)13-7-5-6-8-14(13)23(29)31-21/h11,16H,4-10,12H2,1-3H3,(H,25,26)(H,27,28)/t16-/m1/s1. The highest BCUT2D eigenvalue weighted by Gasteiger charge is 2.32. The number of carboxylic acid groups (broad SMARTS) is 1. The molecular weight excluding hydrogens is 414 g/mol. The maximum Gasteiger partial charge on any atom is 0.339 e. The summed E-state index contributed by atoms with van der Waals surface area (Å²) in [5, 5.41) is 12.4. The molecule has 2 N–H and O–H groups in total. The van der Waals surface area contributed by atoms with E-state index in [1.54, 1.807) is 13.0 Å². The van der Waals surface area contributed by atoms with E-state index in [2.05, 4.69) is 5.32 Å². The van der Waals surface area contributed by atoms with Crippen LogP contribution in [0.5, 0.6) is 11.5 Å². The van der Waals surface area contributed by atoms with Gasteiger partial charge in [0, 0.05) is 17.2 Å². The van der Waals surface area contributed by atoms with Crippen LogP contribution in [0.4, 0.5) is 0 Å². The lowest BCUT2D eigenvalue weighted by Gasteiger charge is -2.33. The number of carbonyl (C=O) groups excluding carboxylic acids is 1. The van der Waals surface area contributed by atoms with Crippen molar-refractivity contribution in [2.24, 2.45) is 0 Å². The van der Waals surface area contributed by atoms with Crippen molar-refractivity contribution in [3.05, 3.63) is 33.2 Å². The summed E-state index contributed by atoms with van der Waals surface area (Å²) in [5.74, 6) is -0.624. The number of hydrogen-bond acceptors (Lipinski definition) is 6. The van der Waals surface area contributed by atoms with Crippen LogP contribution in [0.25, 0.3) is 11.0 Å². The third kappa shape index (κ3) is 4.18. The van der Waals surface area contributed by atoms with Gasteiger partial charge in [0.1, 0.15) is 28.7 Å². The van der Waals surface area contributed by atoms with Crippen molar-refractivity contribution in [3.63, 3.8) is 0 Å². The van der Waals surface area contributed by atoms with E-state index in [-0.39, 0.29) is 24.3 Å². The van der Waals surface area contributed by atoms with Crippen molar-refractivity contribution in [2.45, 2.75) is 77.4 Å². The average molecular weight is 443 g/mol. The smallest absolute Gasteiger partial charge is 0.339 e. The minimum atomic E-state index is -1.09. The summed E-state index contributed by atoms with van der Waals surface area (Å²) in [6, 6.07) is 0.802. The maximum atomic E-state index is 12.7. The first-order valence-corrected chi connectivity index (χ1v) is 11.2. The molecule has 172 valence electrons. The Labute approximate surface area is 185 Å². The highest BCUT2D eigenvalue weighted by molar-refractivity contribution is 5.93. The molecule has 0 saturated carbocycles. The Morgan fingerprint density at radius 3 is 2.59 bits per heavy atom. The first-order chi connectivity index (χ1) is 15.2. The molecule has 0 saturated heterocycles. The lowest BCUT2D eigenvalue weighted by atomic mass is 9.87. The SMILES string of the molecule is CC[C@@H](NC(=O)COc1cc2c(c3oc(=O)c4c(c13)CCCC4)CCC(C)(C)O2)C(=O)O. The molecule has 1 aromatic carbocycles. The number of carbonyl (C=O) groups is 2. The van der Waals surface area contributed by atoms with Crippen LogP contribution in [-0.4, -0.2) is 35.2 Å². The zero-order chi connectivity index (χ0) is 23.0. The van der Waals surface area contributed by atoms with Gasteiger partial charge in [0.2, 0.25) is 0 Å². The van der Waals surface area contributed by atoms with E-state index in [1.165, 1.54) is 0 Å². The van der Waals surface area contributed by atoms with Gasteiger partial charge in [-0.25, -0.2) is 9.59 Å². The molecule has 1 aromatic heterocycles. The first kappa shape index (κ1) is 22.2. The topological polar surface area (TPSA) is 115 Å². The van der Waals surface area contributed by atoms with Crippen molar-refractivity contribution >= 4 is 22.8 Å². The number of amides is 1. The highest BCUT2D eigenvalue weighted by Crippen LogP contribution is 2.44. The number of nitrogens with one attached hydrogen (secondary N) is 1. The molecule has 2 aromatic rings. The summed E-state index contributed by atoms with van der Waals surface area (Å²) < 4.78 is 17.8. The Morgan fingerprint density at radius 2 is 1.91 bits per heavy atom. The van der Waals surface area contributed by atoms with Crippen LogP contribution in [-0.2, 0) is 28.9 Å². The molecule has 0 unspecified atom stereocenters. The fourth-order valence-corrected chi connectivity index (χ4v) is 4.55. The van der Waals surface area contributed by atoms with E-state index in [0.717, 1.165) is 42.2 Å². The van der Waals surface area contributed by atoms with Gasteiger partial charge in [-0.15, -0.1) is 0 Å². The molecule has 2 heterocycles. The Morgan fingerprint density at radius 1 is 1.19 bits per heavy atom. The molecule has 1 atom stereocenters. The summed E-state index contributed by atoms with van der Waals surface area (Å²) >= 11 is 0. The molecule has 4 rings (SSSR count). The second kappa shape index (κ2) is 8.48. The van der Waals surface area contributed by atoms with E-state index >= 15 is 0 Å². The van der Waals surface area contributed by atoms with E-state index in [0.29, 0.717) is 35.5 Å². The van der Waals surface area contributed by atoms with Crippen LogP contribution in [0.3, 0.4) is 0 Å². The zero-order valence-electron chi connectivity index (χ0n) is 18.7. The van der Waals surface area contributed by atoms with Crippen molar-refractivity contribution in [1.29, 1.82) is 0 Å². The van der Waals surface area contributed by atoms with Gasteiger partial charge in [0.25, 0.3) is 5.91 Å². The molecule has 0 radical (unpaired) electrons. The predicted molar refractivity (Wildman–Crippen MR) is 118 cm³/mol. The van der Waals surface area contributed by atoms with Crippen molar-refractivity contribution in [3.8, 4) is 11.5 Å². The maximum absolute atomic E-state index is 12.7. The molecule has 32 heavy (non-hydrogen) atoms. The third-order valence-corrected chi connectivity index (χ3v) is 6.28. The Hall–Kier alpha value is -3.03. The minimum absolute atomic E-state index is 0.268. The van der Waals surface area contributed by atoms with E-state index in [4.69, 9.17) is 13.9 Å². The van der Waals surface area contributed by atoms with Crippen LogP contribution < -0.4 is 20.4 Å². The highest BCUT2D eigenvalue weighted by atomic mass is 16.5. The van der Waals surface area contributed by atoms with Crippen molar-refractivity contribution in [1.82, 2.24) is 5.32 Å². The van der Waals surface area contributed by atoms with Gasteiger partial charge in [-0.1, -0.05) is 6.92 Å². The predicted octanol–water partition coefficient (Wildman–Crippen LogP) is 3.13. The monoisotopic (exact) mass is 443 g/mol. The number of aryl methyl sites for hydroxylation is 2. The fourth-order valence-electron chi connectivity index (χ4n) is 4.55. The molecule has 1 amide bonds. The summed E-state index contributed by atoms with van der Waals surface area (Å²) in [6.45, 7) is 5.32. The van der Waals surface area contributed by atoms with Gasteiger partial charge >= 0.3 is 11.6 Å². The van der Waals surface area contributed by atoms with Crippen molar-refractivity contribution in [2.75, 3.05) is 6.61 Å². The van der Waals surface area contributed by atoms with Gasteiger partial charge in [0.15, 0.2) is 6.61 Å². The van der Waals surface area contributed by atoms with Gasteiger partial charge in [-0.05, 0) is 64.4 Å². The number of rotatable bonds is 6. The molecule has 0 fully saturated rings. The third-order valence-electron chi connectivity index (χ3n) is 6.28. The van der Waals surface area contributed by atoms with Gasteiger partial charge in [-0.2, -0.15) is 0 Å². The molecule has 0 bridgehead atoms. The van der Waals surface area contributed by atoms with E-state index in [1.807, 2.05) is 13.8 Å². The van der Waals surface area contributed by atoms with E-state index < -0.39 is 17.9 Å². The van der Waals surface area contributed by atoms with Gasteiger partial charge < -0.3 is 24.3 Å². The number of benzene rings is 1. The normalized spacial score (nSPS) is 17.6. The van der Waals surface area contributed by atoms with Gasteiger partial charge in [0.05, 0.1) is 5.39 Å². The molecule has 8 heteroatoms. The quantitative estimate of drug-likeness (QED) is 0.659. The number of fused-ring (bicyclic) bond motifs is 5. The molecule has 1 aliphatic carbocycles. The summed E-state index contributed by atoms with van der Waals surface area (Å²) in [7, 11) is 0. The number of hydrogen-bond donors (Lipinski definition) is 2. The zero-order valence-corrected chi connectivity index (χ0v) is 18.7.